The number of anilines is 2. The van der Waals surface area contributed by atoms with E-state index in [1.807, 2.05) is 24.3 Å². The number of ether oxygens (including phenoxy) is 4. The van der Waals surface area contributed by atoms with Crippen molar-refractivity contribution in [3.63, 3.8) is 0 Å². The summed E-state index contributed by atoms with van der Waals surface area (Å²) in [5.74, 6) is -0.980. The van der Waals surface area contributed by atoms with Crippen LogP contribution in [0.5, 0.6) is 0 Å². The molecule has 202 valence electrons. The topological polar surface area (TPSA) is 198 Å². The van der Waals surface area contributed by atoms with E-state index in [1.54, 1.807) is 0 Å². The van der Waals surface area contributed by atoms with Crippen molar-refractivity contribution in [2.75, 3.05) is 11.9 Å². The van der Waals surface area contributed by atoms with Gasteiger partial charge in [0.25, 0.3) is 0 Å². The number of rotatable bonds is 8. The van der Waals surface area contributed by atoms with Crippen LogP contribution in [0, 0.1) is 0 Å². The van der Waals surface area contributed by atoms with Gasteiger partial charge in [0.15, 0.2) is 35.4 Å². The van der Waals surface area contributed by atoms with Crippen LogP contribution in [0.1, 0.15) is 27.0 Å². The highest BCUT2D eigenvalue weighted by molar-refractivity contribution is 5.85. The van der Waals surface area contributed by atoms with Crippen LogP contribution in [0.2, 0.25) is 0 Å². The molecule has 1 saturated heterocycles. The summed E-state index contributed by atoms with van der Waals surface area (Å²) in [7, 11) is 0. The fourth-order valence-electron chi connectivity index (χ4n) is 4.20. The molecule has 0 radical (unpaired) electrons. The summed E-state index contributed by atoms with van der Waals surface area (Å²) in [5, 5.41) is 17.2. The molecular weight excluding hydrogens is 514 g/mol. The number of nitrogens with zero attached hydrogens (tertiary/aromatic N) is 7. The van der Waals surface area contributed by atoms with E-state index in [0.29, 0.717) is 28.5 Å². The SMILES string of the molecule is CC(=O)OC[C@H]1O[C@@H](n2cnc3c(Nc4cccc(-c5nn[nH]n5)c4)ncnc32)[C@H](OC(C)=O)[C@@H]1OC(C)=O. The van der Waals surface area contributed by atoms with Crippen LogP contribution in [0.25, 0.3) is 22.6 Å². The third kappa shape index (κ3) is 5.49. The number of H-pyrrole nitrogens is 1. The maximum atomic E-state index is 12.0. The lowest BCUT2D eigenvalue weighted by Crippen LogP contribution is -2.40. The van der Waals surface area contributed by atoms with E-state index in [4.69, 9.17) is 18.9 Å². The first-order chi connectivity index (χ1) is 18.8. The van der Waals surface area contributed by atoms with Crippen LogP contribution < -0.4 is 5.32 Å². The molecule has 3 aromatic heterocycles. The first-order valence-corrected chi connectivity index (χ1v) is 11.7. The average molecular weight is 537 g/mol. The van der Waals surface area contributed by atoms with Crippen LogP contribution in [0.3, 0.4) is 0 Å². The summed E-state index contributed by atoms with van der Waals surface area (Å²) in [6.07, 6.45) is -1.28. The van der Waals surface area contributed by atoms with Gasteiger partial charge in [-0.15, -0.1) is 10.2 Å². The van der Waals surface area contributed by atoms with Gasteiger partial charge in [0.1, 0.15) is 19.0 Å². The summed E-state index contributed by atoms with van der Waals surface area (Å²) in [5.41, 5.74) is 2.14. The van der Waals surface area contributed by atoms with Gasteiger partial charge in [0.05, 0.1) is 6.33 Å². The molecule has 4 heterocycles. The third-order valence-corrected chi connectivity index (χ3v) is 5.70. The van der Waals surface area contributed by atoms with E-state index in [2.05, 4.69) is 40.9 Å². The van der Waals surface area contributed by atoms with Crippen molar-refractivity contribution in [3.8, 4) is 11.4 Å². The zero-order valence-electron chi connectivity index (χ0n) is 21.0. The van der Waals surface area contributed by atoms with Gasteiger partial charge in [0.2, 0.25) is 5.82 Å². The first kappa shape index (κ1) is 25.7. The van der Waals surface area contributed by atoms with E-state index in [-0.39, 0.29) is 6.61 Å². The van der Waals surface area contributed by atoms with Gasteiger partial charge < -0.3 is 24.3 Å². The largest absolute Gasteiger partial charge is 0.463 e. The number of carbonyl (C=O) groups excluding carboxylic acids is 3. The first-order valence-electron chi connectivity index (χ1n) is 11.7. The molecule has 16 nitrogen and oxygen atoms in total. The number of esters is 3. The molecule has 1 fully saturated rings. The monoisotopic (exact) mass is 537 g/mol. The smallest absolute Gasteiger partial charge is 0.303 e. The van der Waals surface area contributed by atoms with Crippen molar-refractivity contribution in [2.24, 2.45) is 0 Å². The number of nitrogens with one attached hydrogen (secondary N) is 2. The number of imidazole rings is 1. The second kappa shape index (κ2) is 10.8. The Bertz CT molecular complexity index is 1510. The summed E-state index contributed by atoms with van der Waals surface area (Å²) in [4.78, 5) is 48.4. The Balaban J connectivity index is 1.48. The summed E-state index contributed by atoms with van der Waals surface area (Å²) in [6, 6.07) is 7.29. The maximum Gasteiger partial charge on any atom is 0.303 e. The number of benzene rings is 1. The number of aromatic amines is 1. The quantitative estimate of drug-likeness (QED) is 0.239. The highest BCUT2D eigenvalue weighted by atomic mass is 16.7. The van der Waals surface area contributed by atoms with Crippen molar-refractivity contribution < 1.29 is 33.3 Å². The second-order valence-electron chi connectivity index (χ2n) is 8.50. The van der Waals surface area contributed by atoms with Gasteiger partial charge in [-0.1, -0.05) is 12.1 Å². The Morgan fingerprint density at radius 2 is 1.85 bits per heavy atom. The molecule has 0 spiro atoms. The molecule has 1 aliphatic heterocycles. The van der Waals surface area contributed by atoms with Crippen molar-refractivity contribution in [1.82, 2.24) is 40.1 Å². The number of tetrazole rings is 1. The second-order valence-corrected chi connectivity index (χ2v) is 8.50. The van der Waals surface area contributed by atoms with Gasteiger partial charge in [0, 0.05) is 32.0 Å². The number of fused-ring (bicyclic) bond motifs is 1. The van der Waals surface area contributed by atoms with E-state index >= 15 is 0 Å². The van der Waals surface area contributed by atoms with Gasteiger partial charge in [-0.3, -0.25) is 19.0 Å². The molecule has 39 heavy (non-hydrogen) atoms. The zero-order valence-corrected chi connectivity index (χ0v) is 21.0. The molecule has 4 atom stereocenters. The predicted octanol–water partition coefficient (Wildman–Crippen LogP) is 1.07. The normalized spacial score (nSPS) is 20.5. The zero-order chi connectivity index (χ0) is 27.5. The van der Waals surface area contributed by atoms with Crippen LogP contribution in [-0.4, -0.2) is 83.0 Å². The summed E-state index contributed by atoms with van der Waals surface area (Å²) < 4.78 is 23.7. The Labute approximate surface area is 220 Å². The van der Waals surface area contributed by atoms with E-state index in [0.717, 1.165) is 5.56 Å². The molecule has 1 aromatic carbocycles. The van der Waals surface area contributed by atoms with Crippen LogP contribution in [-0.2, 0) is 33.3 Å². The molecule has 0 saturated carbocycles. The van der Waals surface area contributed by atoms with Gasteiger partial charge >= 0.3 is 17.9 Å². The van der Waals surface area contributed by atoms with E-state index in [1.165, 1.54) is 38.0 Å². The lowest BCUT2D eigenvalue weighted by atomic mass is 10.1. The number of aromatic nitrogens is 8. The van der Waals surface area contributed by atoms with Crippen molar-refractivity contribution >= 4 is 40.6 Å². The molecule has 0 bridgehead atoms. The minimum atomic E-state index is -1.08. The molecular formula is C23H23N9O7. The van der Waals surface area contributed by atoms with Crippen LogP contribution in [0.4, 0.5) is 11.5 Å². The Morgan fingerprint density at radius 1 is 1.05 bits per heavy atom. The Morgan fingerprint density at radius 3 is 2.56 bits per heavy atom. The summed E-state index contributed by atoms with van der Waals surface area (Å²) in [6.45, 7) is 3.45. The fourth-order valence-corrected chi connectivity index (χ4v) is 4.20. The lowest BCUT2D eigenvalue weighted by Gasteiger charge is -2.23. The highest BCUT2D eigenvalue weighted by Gasteiger charge is 2.51. The molecule has 0 amide bonds. The number of hydrogen-bond donors (Lipinski definition) is 2. The highest BCUT2D eigenvalue weighted by Crippen LogP contribution is 2.36. The molecule has 0 aliphatic carbocycles. The molecule has 4 aromatic rings. The van der Waals surface area contributed by atoms with Crippen LogP contribution >= 0.6 is 0 Å². The fraction of sp³-hybridized carbons (Fsp3) is 0.348. The number of hydrogen-bond acceptors (Lipinski definition) is 14. The van der Waals surface area contributed by atoms with E-state index < -0.39 is 42.4 Å². The molecule has 0 unspecified atom stereocenters. The minimum Gasteiger partial charge on any atom is -0.463 e. The minimum absolute atomic E-state index is 0.229. The van der Waals surface area contributed by atoms with E-state index in [9.17, 15) is 14.4 Å². The van der Waals surface area contributed by atoms with Gasteiger partial charge in [-0.25, -0.2) is 15.0 Å². The van der Waals surface area contributed by atoms with Crippen molar-refractivity contribution in [2.45, 2.75) is 45.3 Å². The van der Waals surface area contributed by atoms with Crippen molar-refractivity contribution in [1.29, 1.82) is 0 Å². The molecule has 1 aliphatic rings. The predicted molar refractivity (Wildman–Crippen MR) is 130 cm³/mol. The summed E-state index contributed by atoms with van der Waals surface area (Å²) >= 11 is 0. The van der Waals surface area contributed by atoms with Gasteiger partial charge in [-0.05, 0) is 17.3 Å². The van der Waals surface area contributed by atoms with Crippen molar-refractivity contribution in [3.05, 3.63) is 36.9 Å². The average Bonchev–Trinajstić information content (AvgIpc) is 3.63. The standard InChI is InChI=1S/C23H23N9O7/c1-11(33)36-8-16-18(37-12(2)34)19(38-13(3)35)23(39-16)32-10-26-17-21(24-9-25-22(17)32)27-15-6-4-5-14(7-15)20-28-30-31-29-20/h4-7,9-10,16,18-19,23H,8H2,1-3H3,(H,24,25,27)(H,28,29,30,31)/t16-,18-,19-,23-/m1/s1. The molecule has 2 N–H and O–H groups in total. The lowest BCUT2D eigenvalue weighted by molar-refractivity contribution is -0.166. The Kier molecular flexibility index (Phi) is 7.09. The maximum absolute atomic E-state index is 12.0. The molecule has 5 rings (SSSR count). The van der Waals surface area contributed by atoms with Crippen LogP contribution in [0.15, 0.2) is 36.9 Å². The molecule has 16 heteroatoms. The van der Waals surface area contributed by atoms with Gasteiger partial charge in [-0.2, -0.15) is 5.21 Å². The third-order valence-electron chi connectivity index (χ3n) is 5.70. The number of carbonyl (C=O) groups is 3. The Hall–Kier alpha value is -4.99.